The second kappa shape index (κ2) is 7.92. The number of carbonyl (C=O) groups excluding carboxylic acids is 1. The van der Waals surface area contributed by atoms with Gasteiger partial charge in [0, 0.05) is 24.8 Å². The van der Waals surface area contributed by atoms with E-state index in [4.69, 9.17) is 9.47 Å². The zero-order chi connectivity index (χ0) is 17.6. The lowest BCUT2D eigenvalue weighted by Crippen LogP contribution is -2.40. The Balaban J connectivity index is 1.68. The number of hydrogen-bond acceptors (Lipinski definition) is 4. The first-order chi connectivity index (χ1) is 12.2. The van der Waals surface area contributed by atoms with Crippen molar-refractivity contribution in [3.05, 3.63) is 54.1 Å². The summed E-state index contributed by atoms with van der Waals surface area (Å²) in [5, 5.41) is 3.05. The van der Waals surface area contributed by atoms with E-state index in [1.54, 1.807) is 32.4 Å². The zero-order valence-electron chi connectivity index (χ0n) is 14.7. The molecule has 25 heavy (non-hydrogen) atoms. The minimum atomic E-state index is -0.143. The van der Waals surface area contributed by atoms with Crippen molar-refractivity contribution < 1.29 is 14.3 Å². The van der Waals surface area contributed by atoms with E-state index in [1.165, 1.54) is 5.69 Å². The minimum absolute atomic E-state index is 0.143. The normalized spacial score (nSPS) is 16.6. The average molecular weight is 340 g/mol. The van der Waals surface area contributed by atoms with Crippen LogP contribution in [0.2, 0.25) is 0 Å². The van der Waals surface area contributed by atoms with Crippen molar-refractivity contribution in [3.8, 4) is 11.5 Å². The Hall–Kier alpha value is -2.69. The third-order valence-corrected chi connectivity index (χ3v) is 4.61. The summed E-state index contributed by atoms with van der Waals surface area (Å²) in [5.41, 5.74) is 1.70. The topological polar surface area (TPSA) is 50.8 Å². The van der Waals surface area contributed by atoms with Gasteiger partial charge in [0.05, 0.1) is 19.8 Å². The van der Waals surface area contributed by atoms with Crippen LogP contribution in [-0.4, -0.2) is 39.3 Å². The molecule has 0 aromatic heterocycles. The molecule has 2 aromatic carbocycles. The fourth-order valence-electron chi connectivity index (χ4n) is 3.38. The number of para-hydroxylation sites is 2. The van der Waals surface area contributed by atoms with Gasteiger partial charge in [0.1, 0.15) is 0 Å². The Morgan fingerprint density at radius 2 is 1.92 bits per heavy atom. The fraction of sp³-hybridized carbons (Fsp3) is 0.350. The Morgan fingerprint density at radius 1 is 1.12 bits per heavy atom. The summed E-state index contributed by atoms with van der Waals surface area (Å²) in [6.07, 6.45) is 2.21. The number of nitrogens with zero attached hydrogens (tertiary/aromatic N) is 1. The van der Waals surface area contributed by atoms with Crippen LogP contribution in [0.5, 0.6) is 11.5 Å². The standard InChI is InChI=1S/C20H24N2O3/c1-24-18-12-6-11-17(19(18)25-2)20(23)21-14-16-10-7-13-22(16)15-8-4-3-5-9-15/h3-6,8-9,11-12,16H,7,10,13-14H2,1-2H3,(H,21,23)/t16-/m1/s1. The van der Waals surface area contributed by atoms with Crippen molar-refractivity contribution in [2.75, 3.05) is 32.2 Å². The number of methoxy groups -OCH3 is 2. The molecule has 1 aliphatic heterocycles. The lowest BCUT2D eigenvalue weighted by Gasteiger charge is -2.27. The Morgan fingerprint density at radius 3 is 2.64 bits per heavy atom. The van der Waals surface area contributed by atoms with Crippen molar-refractivity contribution in [3.63, 3.8) is 0 Å². The highest BCUT2D eigenvalue weighted by molar-refractivity contribution is 5.97. The number of anilines is 1. The summed E-state index contributed by atoms with van der Waals surface area (Å²) < 4.78 is 10.6. The maximum absolute atomic E-state index is 12.6. The summed E-state index contributed by atoms with van der Waals surface area (Å²) >= 11 is 0. The molecule has 1 amide bonds. The largest absolute Gasteiger partial charge is 0.493 e. The number of carbonyl (C=O) groups is 1. The lowest BCUT2D eigenvalue weighted by atomic mass is 10.1. The summed E-state index contributed by atoms with van der Waals surface area (Å²) in [4.78, 5) is 15.0. The molecule has 1 saturated heterocycles. The Kier molecular flexibility index (Phi) is 5.43. The van der Waals surface area contributed by atoms with Gasteiger partial charge in [-0.2, -0.15) is 0 Å². The highest BCUT2D eigenvalue weighted by Gasteiger charge is 2.25. The molecule has 0 aliphatic carbocycles. The molecule has 1 heterocycles. The summed E-state index contributed by atoms with van der Waals surface area (Å²) in [6, 6.07) is 16.0. The molecule has 1 atom stereocenters. The molecule has 132 valence electrons. The van der Waals surface area contributed by atoms with Crippen LogP contribution >= 0.6 is 0 Å². The molecule has 0 spiro atoms. The predicted octanol–water partition coefficient (Wildman–Crippen LogP) is 3.10. The molecule has 1 aliphatic rings. The molecule has 1 fully saturated rings. The maximum Gasteiger partial charge on any atom is 0.255 e. The van der Waals surface area contributed by atoms with E-state index in [0.717, 1.165) is 19.4 Å². The number of benzene rings is 2. The van der Waals surface area contributed by atoms with Gasteiger partial charge in [0.2, 0.25) is 0 Å². The third kappa shape index (κ3) is 3.71. The van der Waals surface area contributed by atoms with Gasteiger partial charge in [-0.3, -0.25) is 4.79 Å². The molecule has 0 bridgehead atoms. The number of rotatable bonds is 6. The minimum Gasteiger partial charge on any atom is -0.493 e. The van der Waals surface area contributed by atoms with Gasteiger partial charge in [0.15, 0.2) is 11.5 Å². The van der Waals surface area contributed by atoms with Crippen molar-refractivity contribution >= 4 is 11.6 Å². The van der Waals surface area contributed by atoms with Crippen LogP contribution in [0, 0.1) is 0 Å². The van der Waals surface area contributed by atoms with Crippen LogP contribution < -0.4 is 19.7 Å². The van der Waals surface area contributed by atoms with E-state index in [-0.39, 0.29) is 5.91 Å². The monoisotopic (exact) mass is 340 g/mol. The quantitative estimate of drug-likeness (QED) is 0.878. The van der Waals surface area contributed by atoms with Gasteiger partial charge < -0.3 is 19.7 Å². The first-order valence-electron chi connectivity index (χ1n) is 8.55. The van der Waals surface area contributed by atoms with E-state index in [2.05, 4.69) is 22.3 Å². The van der Waals surface area contributed by atoms with Gasteiger partial charge >= 0.3 is 0 Å². The SMILES string of the molecule is COc1cccc(C(=O)NC[C@H]2CCCN2c2ccccc2)c1OC. The predicted molar refractivity (Wildman–Crippen MR) is 98.7 cm³/mol. The molecular weight excluding hydrogens is 316 g/mol. The van der Waals surface area contributed by atoms with Gasteiger partial charge in [-0.15, -0.1) is 0 Å². The number of ether oxygens (including phenoxy) is 2. The zero-order valence-corrected chi connectivity index (χ0v) is 14.7. The third-order valence-electron chi connectivity index (χ3n) is 4.61. The van der Waals surface area contributed by atoms with Crippen LogP contribution in [-0.2, 0) is 0 Å². The second-order valence-electron chi connectivity index (χ2n) is 6.08. The Bertz CT molecular complexity index is 718. The van der Waals surface area contributed by atoms with Crippen LogP contribution in [0.1, 0.15) is 23.2 Å². The molecule has 0 unspecified atom stereocenters. The lowest BCUT2D eigenvalue weighted by molar-refractivity contribution is 0.0947. The molecule has 0 saturated carbocycles. The smallest absolute Gasteiger partial charge is 0.255 e. The average Bonchev–Trinajstić information content (AvgIpc) is 3.14. The maximum atomic E-state index is 12.6. The fourth-order valence-corrected chi connectivity index (χ4v) is 3.38. The van der Waals surface area contributed by atoms with Crippen molar-refractivity contribution in [1.29, 1.82) is 0 Å². The molecule has 2 aromatic rings. The molecule has 5 nitrogen and oxygen atoms in total. The van der Waals surface area contributed by atoms with E-state index >= 15 is 0 Å². The summed E-state index contributed by atoms with van der Waals surface area (Å²) in [7, 11) is 3.11. The van der Waals surface area contributed by atoms with E-state index in [9.17, 15) is 4.79 Å². The molecule has 3 rings (SSSR count). The molecule has 0 radical (unpaired) electrons. The highest BCUT2D eigenvalue weighted by atomic mass is 16.5. The van der Waals surface area contributed by atoms with Gasteiger partial charge in [0.25, 0.3) is 5.91 Å². The van der Waals surface area contributed by atoms with Crippen LogP contribution in [0.25, 0.3) is 0 Å². The van der Waals surface area contributed by atoms with Gasteiger partial charge in [-0.25, -0.2) is 0 Å². The van der Waals surface area contributed by atoms with Gasteiger partial charge in [-0.1, -0.05) is 24.3 Å². The van der Waals surface area contributed by atoms with Gasteiger partial charge in [-0.05, 0) is 37.1 Å². The second-order valence-corrected chi connectivity index (χ2v) is 6.08. The first-order valence-corrected chi connectivity index (χ1v) is 8.55. The van der Waals surface area contributed by atoms with E-state index in [1.807, 2.05) is 18.2 Å². The number of nitrogens with one attached hydrogen (secondary N) is 1. The van der Waals surface area contributed by atoms with E-state index < -0.39 is 0 Å². The molecular formula is C20H24N2O3. The van der Waals surface area contributed by atoms with Crippen molar-refractivity contribution in [2.24, 2.45) is 0 Å². The summed E-state index contributed by atoms with van der Waals surface area (Å²) in [6.45, 7) is 1.63. The van der Waals surface area contributed by atoms with Crippen LogP contribution in [0.15, 0.2) is 48.5 Å². The van der Waals surface area contributed by atoms with Crippen molar-refractivity contribution in [2.45, 2.75) is 18.9 Å². The van der Waals surface area contributed by atoms with Crippen molar-refractivity contribution in [1.82, 2.24) is 5.32 Å². The first kappa shape index (κ1) is 17.1. The molecule has 1 N–H and O–H groups in total. The highest BCUT2D eigenvalue weighted by Crippen LogP contribution is 2.30. The number of amides is 1. The van der Waals surface area contributed by atoms with E-state index in [0.29, 0.717) is 29.6 Å². The van der Waals surface area contributed by atoms with Crippen LogP contribution in [0.3, 0.4) is 0 Å². The number of hydrogen-bond donors (Lipinski definition) is 1. The van der Waals surface area contributed by atoms with Crippen LogP contribution in [0.4, 0.5) is 5.69 Å². The molecule has 5 heteroatoms. The Labute approximate surface area is 148 Å². The summed E-state index contributed by atoms with van der Waals surface area (Å²) in [5.74, 6) is 0.881.